The number of fused-ring (bicyclic) bond motifs is 1. The summed E-state index contributed by atoms with van der Waals surface area (Å²) in [5.41, 5.74) is 4.13. The number of aryl methyl sites for hydroxylation is 1. The molecule has 4 nitrogen and oxygen atoms in total. The van der Waals surface area contributed by atoms with E-state index >= 15 is 0 Å². The zero-order valence-electron chi connectivity index (χ0n) is 14.4. The summed E-state index contributed by atoms with van der Waals surface area (Å²) in [5, 5.41) is 4.86. The largest absolute Gasteiger partial charge is 0.336 e. The molecule has 3 aliphatic rings. The number of hydrogen-bond donors (Lipinski definition) is 0. The summed E-state index contributed by atoms with van der Waals surface area (Å²) in [7, 11) is 0. The molecule has 0 atom stereocenters. The molecule has 2 aliphatic carbocycles. The minimum Gasteiger partial charge on any atom is -0.336 e. The number of hydrogen-bond acceptors (Lipinski definition) is 2. The van der Waals surface area contributed by atoms with Crippen molar-refractivity contribution >= 4 is 5.91 Å². The monoisotopic (exact) mass is 315 g/mol. The molecule has 1 aromatic heterocycles. The van der Waals surface area contributed by atoms with Crippen molar-refractivity contribution in [3.8, 4) is 0 Å². The zero-order valence-corrected chi connectivity index (χ0v) is 14.4. The maximum Gasteiger partial charge on any atom is 0.223 e. The first-order valence-electron chi connectivity index (χ1n) is 9.62. The molecular weight excluding hydrogens is 286 g/mol. The Morgan fingerprint density at radius 1 is 1.17 bits per heavy atom. The second-order valence-electron chi connectivity index (χ2n) is 7.67. The predicted octanol–water partition coefficient (Wildman–Crippen LogP) is 3.64. The number of nitrogens with zero attached hydrogens (tertiary/aromatic N) is 3. The average molecular weight is 315 g/mol. The average Bonchev–Trinajstić information content (AvgIpc) is 3.36. The van der Waals surface area contributed by atoms with Gasteiger partial charge in [0.1, 0.15) is 0 Å². The van der Waals surface area contributed by atoms with Crippen LogP contribution < -0.4 is 0 Å². The van der Waals surface area contributed by atoms with Crippen LogP contribution in [0.1, 0.15) is 81.2 Å². The number of amides is 1. The van der Waals surface area contributed by atoms with Crippen LogP contribution in [0.3, 0.4) is 0 Å². The molecule has 1 amide bonds. The highest BCUT2D eigenvalue weighted by Crippen LogP contribution is 2.42. The van der Waals surface area contributed by atoms with Gasteiger partial charge >= 0.3 is 0 Å². The van der Waals surface area contributed by atoms with Crippen LogP contribution in [0.5, 0.6) is 0 Å². The van der Waals surface area contributed by atoms with E-state index in [1.165, 1.54) is 61.9 Å². The molecule has 0 N–H and O–H groups in total. The zero-order chi connectivity index (χ0) is 15.8. The van der Waals surface area contributed by atoms with Gasteiger partial charge in [0.15, 0.2) is 0 Å². The van der Waals surface area contributed by atoms with Gasteiger partial charge < -0.3 is 4.90 Å². The van der Waals surface area contributed by atoms with Crippen LogP contribution in [0, 0.1) is 5.92 Å². The first-order chi connectivity index (χ1) is 11.3. The molecule has 1 aliphatic heterocycles. The molecule has 2 heterocycles. The van der Waals surface area contributed by atoms with E-state index in [1.54, 1.807) is 0 Å². The third-order valence-corrected chi connectivity index (χ3v) is 5.97. The molecule has 126 valence electrons. The second kappa shape index (κ2) is 6.29. The Kier molecular flexibility index (Phi) is 4.16. The molecule has 0 bridgehead atoms. The van der Waals surface area contributed by atoms with Crippen molar-refractivity contribution in [2.75, 3.05) is 6.54 Å². The lowest BCUT2D eigenvalue weighted by Gasteiger charge is -2.30. The smallest absolute Gasteiger partial charge is 0.223 e. The van der Waals surface area contributed by atoms with Gasteiger partial charge in [0.05, 0.1) is 17.9 Å². The highest BCUT2D eigenvalue weighted by molar-refractivity contribution is 5.76. The highest BCUT2D eigenvalue weighted by atomic mass is 16.2. The summed E-state index contributed by atoms with van der Waals surface area (Å²) >= 11 is 0. The molecule has 0 radical (unpaired) electrons. The number of rotatable bonds is 4. The fourth-order valence-corrected chi connectivity index (χ4v) is 4.44. The topological polar surface area (TPSA) is 38.1 Å². The minimum atomic E-state index is 0.374. The molecule has 1 aromatic rings. The molecule has 23 heavy (non-hydrogen) atoms. The van der Waals surface area contributed by atoms with Crippen LogP contribution in [0.2, 0.25) is 0 Å². The lowest BCUT2D eigenvalue weighted by atomic mass is 9.86. The van der Waals surface area contributed by atoms with Gasteiger partial charge in [-0.15, -0.1) is 0 Å². The van der Waals surface area contributed by atoms with Crippen LogP contribution in [0.4, 0.5) is 0 Å². The Morgan fingerprint density at radius 3 is 2.65 bits per heavy atom. The molecule has 0 unspecified atom stereocenters. The van der Waals surface area contributed by atoms with E-state index in [1.807, 2.05) is 0 Å². The lowest BCUT2D eigenvalue weighted by Crippen LogP contribution is -2.37. The first kappa shape index (κ1) is 15.2. The van der Waals surface area contributed by atoms with Gasteiger partial charge in [-0.25, -0.2) is 0 Å². The van der Waals surface area contributed by atoms with Crippen molar-refractivity contribution < 1.29 is 4.79 Å². The van der Waals surface area contributed by atoms with Crippen molar-refractivity contribution in [3.63, 3.8) is 0 Å². The van der Waals surface area contributed by atoms with Crippen LogP contribution >= 0.6 is 0 Å². The maximum atomic E-state index is 12.7. The summed E-state index contributed by atoms with van der Waals surface area (Å²) < 4.78 is 2.16. The first-order valence-corrected chi connectivity index (χ1v) is 9.62. The van der Waals surface area contributed by atoms with Crippen LogP contribution in [0.15, 0.2) is 0 Å². The van der Waals surface area contributed by atoms with E-state index in [2.05, 4.69) is 16.5 Å². The molecule has 4 rings (SSSR count). The van der Waals surface area contributed by atoms with E-state index in [4.69, 9.17) is 5.10 Å². The summed E-state index contributed by atoms with van der Waals surface area (Å²) in [4.78, 5) is 14.8. The van der Waals surface area contributed by atoms with Crippen molar-refractivity contribution in [1.29, 1.82) is 0 Å². The van der Waals surface area contributed by atoms with Gasteiger partial charge in [-0.1, -0.05) is 19.3 Å². The van der Waals surface area contributed by atoms with Crippen LogP contribution in [-0.4, -0.2) is 27.1 Å². The summed E-state index contributed by atoms with van der Waals surface area (Å²) in [6.45, 7) is 4.76. The molecule has 4 heteroatoms. The quantitative estimate of drug-likeness (QED) is 0.851. The lowest BCUT2D eigenvalue weighted by molar-refractivity contribution is -0.133. The molecule has 0 spiro atoms. The van der Waals surface area contributed by atoms with E-state index in [-0.39, 0.29) is 0 Å². The second-order valence-corrected chi connectivity index (χ2v) is 7.67. The minimum absolute atomic E-state index is 0.374. The standard InChI is InChI=1S/C19H29N3O/c1-2-22-17-13-21(18(23)12-14-6-4-3-5-7-14)11-10-16(17)19(20-22)15-8-9-15/h14-15H,2-13H2,1H3. The normalized spacial score (nSPS) is 22.2. The van der Waals surface area contributed by atoms with E-state index in [9.17, 15) is 4.79 Å². The highest BCUT2D eigenvalue weighted by Gasteiger charge is 2.34. The number of carbonyl (C=O) groups excluding carboxylic acids is 1. The van der Waals surface area contributed by atoms with Gasteiger partial charge in [0, 0.05) is 31.0 Å². The molecule has 2 saturated carbocycles. The Balaban J connectivity index is 1.46. The Labute approximate surface area is 139 Å². The third kappa shape index (κ3) is 3.05. The Hall–Kier alpha value is -1.32. The predicted molar refractivity (Wildman–Crippen MR) is 90.2 cm³/mol. The summed E-state index contributed by atoms with van der Waals surface area (Å²) in [5.74, 6) is 1.72. The van der Waals surface area contributed by atoms with Crippen molar-refractivity contribution in [2.45, 2.75) is 83.7 Å². The molecule has 2 fully saturated rings. The fraction of sp³-hybridized carbons (Fsp3) is 0.789. The van der Waals surface area contributed by atoms with E-state index in [0.29, 0.717) is 17.7 Å². The summed E-state index contributed by atoms with van der Waals surface area (Å²) in [6, 6.07) is 0. The third-order valence-electron chi connectivity index (χ3n) is 5.97. The fourth-order valence-electron chi connectivity index (χ4n) is 4.44. The van der Waals surface area contributed by atoms with Crippen LogP contribution in [-0.2, 0) is 24.3 Å². The number of aromatic nitrogens is 2. The SMILES string of the molecule is CCn1nc(C2CC2)c2c1CN(C(=O)CC1CCCCC1)CC2. The van der Waals surface area contributed by atoms with E-state index in [0.717, 1.165) is 32.5 Å². The van der Waals surface area contributed by atoms with Crippen LogP contribution in [0.25, 0.3) is 0 Å². The van der Waals surface area contributed by atoms with E-state index < -0.39 is 0 Å². The van der Waals surface area contributed by atoms with Gasteiger partial charge in [0.25, 0.3) is 0 Å². The molecule has 0 aromatic carbocycles. The number of carbonyl (C=O) groups is 1. The van der Waals surface area contributed by atoms with Gasteiger partial charge in [-0.3, -0.25) is 9.48 Å². The molecular formula is C19H29N3O. The van der Waals surface area contributed by atoms with Gasteiger partial charge in [-0.2, -0.15) is 5.10 Å². The van der Waals surface area contributed by atoms with Crippen molar-refractivity contribution in [3.05, 3.63) is 17.0 Å². The van der Waals surface area contributed by atoms with Crippen molar-refractivity contribution in [2.24, 2.45) is 5.92 Å². The Bertz CT molecular complexity index is 582. The van der Waals surface area contributed by atoms with Crippen molar-refractivity contribution in [1.82, 2.24) is 14.7 Å². The maximum absolute atomic E-state index is 12.7. The molecule has 0 saturated heterocycles. The summed E-state index contributed by atoms with van der Waals surface area (Å²) in [6.07, 6.45) is 10.9. The Morgan fingerprint density at radius 2 is 1.96 bits per heavy atom. The van der Waals surface area contributed by atoms with Gasteiger partial charge in [0.2, 0.25) is 5.91 Å². The van der Waals surface area contributed by atoms with Gasteiger partial charge in [-0.05, 0) is 44.9 Å².